The third kappa shape index (κ3) is 4.43. The van der Waals surface area contributed by atoms with Gasteiger partial charge >= 0.3 is 12.1 Å². The number of nitrogens with zero attached hydrogens (tertiary/aromatic N) is 2. The van der Waals surface area contributed by atoms with E-state index in [0.717, 1.165) is 5.56 Å². The van der Waals surface area contributed by atoms with Gasteiger partial charge in [-0.2, -0.15) is 18.2 Å². The number of aromatic nitrogens is 2. The maximum atomic E-state index is 12.5. The van der Waals surface area contributed by atoms with Crippen LogP contribution in [0.2, 0.25) is 0 Å². The number of alkyl halides is 3. The molecule has 2 aromatic carbocycles. The van der Waals surface area contributed by atoms with Crippen LogP contribution in [0.25, 0.3) is 11.4 Å². The van der Waals surface area contributed by atoms with Crippen molar-refractivity contribution in [3.63, 3.8) is 0 Å². The molecule has 0 radical (unpaired) electrons. The molecule has 9 heteroatoms. The first kappa shape index (κ1) is 19.3. The quantitative estimate of drug-likeness (QED) is 0.673. The molecule has 3 rings (SSSR count). The van der Waals surface area contributed by atoms with Crippen molar-refractivity contribution >= 4 is 11.7 Å². The fraction of sp³-hybridized carbons (Fsp3) is 0.158. The first-order valence-corrected chi connectivity index (χ1v) is 8.13. The second-order valence-electron chi connectivity index (χ2n) is 5.97. The third-order valence-corrected chi connectivity index (χ3v) is 3.82. The van der Waals surface area contributed by atoms with Gasteiger partial charge in [-0.1, -0.05) is 47.1 Å². The highest BCUT2D eigenvalue weighted by atomic mass is 19.4. The van der Waals surface area contributed by atoms with Crippen molar-refractivity contribution in [2.75, 3.05) is 6.54 Å². The lowest BCUT2D eigenvalue weighted by Gasteiger charge is -2.06. The van der Waals surface area contributed by atoms with Gasteiger partial charge in [0.2, 0.25) is 5.82 Å². The summed E-state index contributed by atoms with van der Waals surface area (Å²) >= 11 is 0. The molecule has 6 nitrogen and oxygen atoms in total. The Morgan fingerprint density at radius 2 is 1.79 bits per heavy atom. The van der Waals surface area contributed by atoms with Crippen molar-refractivity contribution in [1.29, 1.82) is 0 Å². The standard InChI is InChI=1S/C19H14F3N3O3/c1-11-3-2-4-14(9-11)17(27)23-10-15(26)12-5-7-13(8-6-12)16-24-18(28-25-16)19(20,21)22/h2-9H,10H2,1H3,(H,23,27). The zero-order valence-corrected chi connectivity index (χ0v) is 14.6. The van der Waals surface area contributed by atoms with Gasteiger partial charge in [0, 0.05) is 16.7 Å². The van der Waals surface area contributed by atoms with Crippen LogP contribution in [0.5, 0.6) is 0 Å². The number of carbonyl (C=O) groups excluding carboxylic acids is 2. The van der Waals surface area contributed by atoms with Crippen LogP contribution in [0.4, 0.5) is 13.2 Å². The van der Waals surface area contributed by atoms with E-state index in [2.05, 4.69) is 20.0 Å². The summed E-state index contributed by atoms with van der Waals surface area (Å²) in [5, 5.41) is 5.82. The smallest absolute Gasteiger partial charge is 0.345 e. The van der Waals surface area contributed by atoms with E-state index in [1.54, 1.807) is 18.2 Å². The van der Waals surface area contributed by atoms with Gasteiger partial charge in [0.15, 0.2) is 5.78 Å². The fourth-order valence-electron chi connectivity index (χ4n) is 2.41. The van der Waals surface area contributed by atoms with Crippen molar-refractivity contribution in [2.24, 2.45) is 0 Å². The molecule has 3 aromatic rings. The molecule has 0 saturated carbocycles. The Kier molecular flexibility index (Phi) is 5.25. The average Bonchev–Trinajstić information content (AvgIpc) is 3.16. The van der Waals surface area contributed by atoms with Gasteiger partial charge in [0.05, 0.1) is 6.54 Å². The third-order valence-electron chi connectivity index (χ3n) is 3.82. The molecule has 1 amide bonds. The lowest BCUT2D eigenvalue weighted by molar-refractivity contribution is -0.159. The van der Waals surface area contributed by atoms with E-state index in [1.165, 1.54) is 24.3 Å². The van der Waals surface area contributed by atoms with Crippen LogP contribution >= 0.6 is 0 Å². The molecule has 1 heterocycles. The second kappa shape index (κ2) is 7.63. The molecule has 0 fully saturated rings. The van der Waals surface area contributed by atoms with Crippen LogP contribution in [0.3, 0.4) is 0 Å². The van der Waals surface area contributed by atoms with E-state index in [0.29, 0.717) is 5.56 Å². The highest BCUT2D eigenvalue weighted by Gasteiger charge is 2.38. The number of aryl methyl sites for hydroxylation is 1. The van der Waals surface area contributed by atoms with Crippen LogP contribution in [-0.4, -0.2) is 28.4 Å². The van der Waals surface area contributed by atoms with Gasteiger partial charge in [-0.25, -0.2) is 0 Å². The largest absolute Gasteiger partial charge is 0.471 e. The molecule has 0 aliphatic carbocycles. The van der Waals surface area contributed by atoms with Gasteiger partial charge in [0.25, 0.3) is 5.91 Å². The number of halogens is 3. The Balaban J connectivity index is 1.64. The topological polar surface area (TPSA) is 85.1 Å². The van der Waals surface area contributed by atoms with Gasteiger partial charge in [-0.15, -0.1) is 0 Å². The highest BCUT2D eigenvalue weighted by molar-refractivity contribution is 6.02. The molecule has 0 unspecified atom stereocenters. The number of Topliss-reactive ketones (excluding diaryl/α,β-unsaturated/α-hetero) is 1. The van der Waals surface area contributed by atoms with E-state index in [-0.39, 0.29) is 35.2 Å². The SMILES string of the molecule is Cc1cccc(C(=O)NCC(=O)c2ccc(-c3noc(C(F)(F)F)n3)cc2)c1. The van der Waals surface area contributed by atoms with Crippen LogP contribution in [0, 0.1) is 6.92 Å². The molecule has 1 aromatic heterocycles. The van der Waals surface area contributed by atoms with E-state index >= 15 is 0 Å². The summed E-state index contributed by atoms with van der Waals surface area (Å²) in [4.78, 5) is 27.6. The zero-order chi connectivity index (χ0) is 20.3. The van der Waals surface area contributed by atoms with Crippen molar-refractivity contribution < 1.29 is 27.3 Å². The first-order valence-electron chi connectivity index (χ1n) is 8.13. The van der Waals surface area contributed by atoms with Gasteiger partial charge in [0.1, 0.15) is 0 Å². The second-order valence-corrected chi connectivity index (χ2v) is 5.97. The lowest BCUT2D eigenvalue weighted by atomic mass is 10.1. The maximum absolute atomic E-state index is 12.5. The van der Waals surface area contributed by atoms with Gasteiger partial charge in [-0.3, -0.25) is 9.59 Å². The Morgan fingerprint density at radius 3 is 2.39 bits per heavy atom. The molecule has 0 spiro atoms. The number of ketones is 1. The molecule has 144 valence electrons. The predicted octanol–water partition coefficient (Wildman–Crippen LogP) is 3.68. The summed E-state index contributed by atoms with van der Waals surface area (Å²) < 4.78 is 41.7. The highest BCUT2D eigenvalue weighted by Crippen LogP contribution is 2.29. The summed E-state index contributed by atoms with van der Waals surface area (Å²) in [5.74, 6) is -2.41. The molecule has 0 aliphatic heterocycles. The Bertz CT molecular complexity index is 1010. The monoisotopic (exact) mass is 389 g/mol. The maximum Gasteiger partial charge on any atom is 0.471 e. The zero-order valence-electron chi connectivity index (χ0n) is 14.6. The van der Waals surface area contributed by atoms with Crippen LogP contribution in [0.1, 0.15) is 32.2 Å². The molecule has 0 bridgehead atoms. The first-order chi connectivity index (χ1) is 13.2. The predicted molar refractivity (Wildman–Crippen MR) is 92.6 cm³/mol. The minimum atomic E-state index is -4.73. The van der Waals surface area contributed by atoms with Crippen molar-refractivity contribution in [3.05, 3.63) is 71.1 Å². The number of amides is 1. The average molecular weight is 389 g/mol. The molecule has 0 saturated heterocycles. The Morgan fingerprint density at radius 1 is 1.07 bits per heavy atom. The van der Waals surface area contributed by atoms with Crippen molar-refractivity contribution in [3.8, 4) is 11.4 Å². The van der Waals surface area contributed by atoms with E-state index in [1.807, 2.05) is 13.0 Å². The number of nitrogens with one attached hydrogen (secondary N) is 1. The van der Waals surface area contributed by atoms with Crippen LogP contribution in [-0.2, 0) is 6.18 Å². The summed E-state index contributed by atoms with van der Waals surface area (Å²) in [6.45, 7) is 1.64. The van der Waals surface area contributed by atoms with Crippen LogP contribution in [0.15, 0.2) is 53.1 Å². The van der Waals surface area contributed by atoms with E-state index in [9.17, 15) is 22.8 Å². The lowest BCUT2D eigenvalue weighted by Crippen LogP contribution is -2.29. The van der Waals surface area contributed by atoms with Crippen LogP contribution < -0.4 is 5.32 Å². The minimum Gasteiger partial charge on any atom is -0.345 e. The number of benzene rings is 2. The number of hydrogen-bond acceptors (Lipinski definition) is 5. The Labute approximate surface area is 157 Å². The summed E-state index contributed by atoms with van der Waals surface area (Å²) in [7, 11) is 0. The molecule has 0 aliphatic rings. The van der Waals surface area contributed by atoms with Gasteiger partial charge in [-0.05, 0) is 19.1 Å². The molecule has 28 heavy (non-hydrogen) atoms. The summed E-state index contributed by atoms with van der Waals surface area (Å²) in [6, 6.07) is 12.6. The number of carbonyl (C=O) groups is 2. The Hall–Kier alpha value is -3.49. The molecular formula is C19H14F3N3O3. The molecular weight excluding hydrogens is 375 g/mol. The van der Waals surface area contributed by atoms with E-state index < -0.39 is 12.1 Å². The molecule has 1 N–H and O–H groups in total. The fourth-order valence-corrected chi connectivity index (χ4v) is 2.41. The van der Waals surface area contributed by atoms with Crippen molar-refractivity contribution in [1.82, 2.24) is 15.5 Å². The normalized spacial score (nSPS) is 11.3. The minimum absolute atomic E-state index is 0.216. The number of rotatable bonds is 5. The molecule has 0 atom stereocenters. The summed E-state index contributed by atoms with van der Waals surface area (Å²) in [5.41, 5.74) is 1.91. The van der Waals surface area contributed by atoms with Gasteiger partial charge < -0.3 is 9.84 Å². The summed E-state index contributed by atoms with van der Waals surface area (Å²) in [6.07, 6.45) is -4.73. The number of hydrogen-bond donors (Lipinski definition) is 1. The van der Waals surface area contributed by atoms with Crippen molar-refractivity contribution in [2.45, 2.75) is 13.1 Å². The van der Waals surface area contributed by atoms with E-state index in [4.69, 9.17) is 0 Å².